The van der Waals surface area contributed by atoms with Gasteiger partial charge >= 0.3 is 0 Å². The van der Waals surface area contributed by atoms with Crippen LogP contribution in [0, 0.1) is 5.41 Å². The van der Waals surface area contributed by atoms with Crippen molar-refractivity contribution in [3.63, 3.8) is 0 Å². The average Bonchev–Trinajstić information content (AvgIpc) is 2.58. The van der Waals surface area contributed by atoms with Gasteiger partial charge in [-0.25, -0.2) is 9.34 Å². The SMILES string of the molecule is CC(C)N(C(C)C)P(OCOCOCSC(=O)C(C)(C)CN)N(C(C)C)C(C)C. The zero-order chi connectivity index (χ0) is 22.8. The van der Waals surface area contributed by atoms with Crippen LogP contribution in [0.2, 0.25) is 0 Å². The predicted octanol–water partition coefficient (Wildman–Crippen LogP) is 4.62. The Bertz CT molecular complexity index is 429. The van der Waals surface area contributed by atoms with Crippen molar-refractivity contribution in [3.05, 3.63) is 0 Å². The normalized spacial score (nSPS) is 13.3. The molecule has 0 rings (SSSR count). The van der Waals surface area contributed by atoms with Crippen molar-refractivity contribution in [1.29, 1.82) is 0 Å². The van der Waals surface area contributed by atoms with E-state index in [1.807, 2.05) is 13.8 Å². The fourth-order valence-electron chi connectivity index (χ4n) is 2.82. The molecule has 29 heavy (non-hydrogen) atoms. The first kappa shape index (κ1) is 29.2. The van der Waals surface area contributed by atoms with Crippen molar-refractivity contribution in [1.82, 2.24) is 9.34 Å². The van der Waals surface area contributed by atoms with E-state index < -0.39 is 13.9 Å². The number of carbonyl (C=O) groups is 1. The molecule has 9 heteroatoms. The third kappa shape index (κ3) is 10.4. The summed E-state index contributed by atoms with van der Waals surface area (Å²) in [4.78, 5) is 12.0. The van der Waals surface area contributed by atoms with Gasteiger partial charge < -0.3 is 19.7 Å². The third-order valence-corrected chi connectivity index (χ3v) is 8.34. The van der Waals surface area contributed by atoms with Crippen LogP contribution in [0.25, 0.3) is 0 Å². The van der Waals surface area contributed by atoms with Gasteiger partial charge in [0, 0.05) is 36.1 Å². The largest absolute Gasteiger partial charge is 0.344 e. The van der Waals surface area contributed by atoms with Crippen LogP contribution < -0.4 is 5.73 Å². The van der Waals surface area contributed by atoms with Gasteiger partial charge in [0.05, 0.1) is 0 Å². The van der Waals surface area contributed by atoms with Crippen LogP contribution in [0.3, 0.4) is 0 Å². The monoisotopic (exact) mass is 453 g/mol. The second-order valence-corrected chi connectivity index (χ2v) is 11.4. The Morgan fingerprint density at radius 3 is 1.72 bits per heavy atom. The van der Waals surface area contributed by atoms with Gasteiger partial charge in [-0.2, -0.15) is 0 Å². The fraction of sp³-hybridized carbons (Fsp3) is 0.950. The second-order valence-electron chi connectivity index (χ2n) is 8.80. The molecule has 0 saturated heterocycles. The van der Waals surface area contributed by atoms with E-state index in [1.54, 1.807) is 0 Å². The molecule has 0 aromatic rings. The Labute approximate surface area is 184 Å². The standard InChI is InChI=1S/C20H44N3O4PS/c1-15(2)22(16(3)4)28(23(17(5)6)18(7)8)27-13-25-12-26-14-29-19(24)20(9,10)11-21/h15-18H,11-14,21H2,1-10H3. The van der Waals surface area contributed by atoms with Crippen molar-refractivity contribution in [3.8, 4) is 0 Å². The highest BCUT2D eigenvalue weighted by molar-refractivity contribution is 8.13. The molecule has 0 spiro atoms. The van der Waals surface area contributed by atoms with E-state index in [0.717, 1.165) is 11.8 Å². The summed E-state index contributed by atoms with van der Waals surface area (Å²) in [7, 11) is -0.985. The molecule has 0 unspecified atom stereocenters. The summed E-state index contributed by atoms with van der Waals surface area (Å²) in [5, 5.41) is 0.0220. The number of nitrogens with two attached hydrogens (primary N) is 1. The van der Waals surface area contributed by atoms with E-state index in [0.29, 0.717) is 30.7 Å². The molecule has 0 fully saturated rings. The van der Waals surface area contributed by atoms with Gasteiger partial charge in [-0.15, -0.1) is 0 Å². The van der Waals surface area contributed by atoms with E-state index in [4.69, 9.17) is 19.7 Å². The number of thioether (sulfide) groups is 1. The summed E-state index contributed by atoms with van der Waals surface area (Å²) in [6.45, 7) is 21.8. The third-order valence-electron chi connectivity index (χ3n) is 4.27. The summed E-state index contributed by atoms with van der Waals surface area (Å²) < 4.78 is 22.0. The minimum Gasteiger partial charge on any atom is -0.344 e. The number of hydrogen-bond acceptors (Lipinski definition) is 8. The zero-order valence-electron chi connectivity index (χ0n) is 20.1. The van der Waals surface area contributed by atoms with E-state index >= 15 is 0 Å². The van der Waals surface area contributed by atoms with Crippen LogP contribution in [0.5, 0.6) is 0 Å². The Hall–Kier alpha value is 0.210. The molecule has 0 amide bonds. The second kappa shape index (κ2) is 14.3. The molecule has 0 aliphatic heterocycles. The van der Waals surface area contributed by atoms with Gasteiger partial charge in [0.15, 0.2) is 27.2 Å². The first-order valence-corrected chi connectivity index (χ1v) is 12.5. The molecule has 0 atom stereocenters. The molecule has 0 saturated carbocycles. The first-order valence-electron chi connectivity index (χ1n) is 10.4. The van der Waals surface area contributed by atoms with E-state index in [2.05, 4.69) is 64.7 Å². The molecule has 0 heterocycles. The van der Waals surface area contributed by atoms with Crippen molar-refractivity contribution in [2.45, 2.75) is 93.4 Å². The summed E-state index contributed by atoms with van der Waals surface area (Å²) in [6, 6.07) is 1.41. The van der Waals surface area contributed by atoms with Gasteiger partial charge in [0.1, 0.15) is 5.94 Å². The van der Waals surface area contributed by atoms with Crippen LogP contribution in [0.15, 0.2) is 0 Å². The topological polar surface area (TPSA) is 77.3 Å². The van der Waals surface area contributed by atoms with Crippen LogP contribution >= 0.6 is 20.2 Å². The number of nitrogens with zero attached hydrogens (tertiary/aromatic N) is 2. The number of hydrogen-bond donors (Lipinski definition) is 1. The maximum Gasteiger partial charge on any atom is 0.198 e. The van der Waals surface area contributed by atoms with Crippen molar-refractivity contribution >= 4 is 25.3 Å². The smallest absolute Gasteiger partial charge is 0.198 e. The predicted molar refractivity (Wildman–Crippen MR) is 124 cm³/mol. The molecular formula is C20H44N3O4PS. The van der Waals surface area contributed by atoms with Gasteiger partial charge in [-0.1, -0.05) is 25.6 Å². The minimum atomic E-state index is -0.985. The van der Waals surface area contributed by atoms with Crippen molar-refractivity contribution in [2.24, 2.45) is 11.1 Å². The van der Waals surface area contributed by atoms with Crippen LogP contribution in [-0.4, -0.2) is 64.7 Å². The summed E-state index contributed by atoms with van der Waals surface area (Å²) in [5.41, 5.74) is 5.08. The summed E-state index contributed by atoms with van der Waals surface area (Å²) >= 11 is 1.12. The van der Waals surface area contributed by atoms with E-state index in [1.165, 1.54) is 0 Å². The maximum absolute atomic E-state index is 12.0. The molecule has 0 radical (unpaired) electrons. The minimum absolute atomic E-state index is 0.0220. The highest BCUT2D eigenvalue weighted by Crippen LogP contribution is 2.50. The first-order chi connectivity index (χ1) is 13.4. The van der Waals surface area contributed by atoms with Gasteiger partial charge in [-0.3, -0.25) is 4.79 Å². The highest BCUT2D eigenvalue weighted by Gasteiger charge is 2.34. The van der Waals surface area contributed by atoms with Crippen LogP contribution in [0.4, 0.5) is 0 Å². The molecule has 2 N–H and O–H groups in total. The number of rotatable bonds is 15. The maximum atomic E-state index is 12.0. The Kier molecular flexibility index (Phi) is 14.4. The van der Waals surface area contributed by atoms with E-state index in [9.17, 15) is 4.79 Å². The van der Waals surface area contributed by atoms with Crippen molar-refractivity contribution < 1.29 is 18.8 Å². The average molecular weight is 454 g/mol. The quantitative estimate of drug-likeness (QED) is 0.219. The lowest BCUT2D eigenvalue weighted by Crippen LogP contribution is -2.43. The molecule has 7 nitrogen and oxygen atoms in total. The lowest BCUT2D eigenvalue weighted by atomic mass is 9.96. The zero-order valence-corrected chi connectivity index (χ0v) is 21.8. The summed E-state index contributed by atoms with van der Waals surface area (Å²) in [6.07, 6.45) is 0. The van der Waals surface area contributed by atoms with Gasteiger partial charge in [0.25, 0.3) is 0 Å². The Morgan fingerprint density at radius 1 is 0.897 bits per heavy atom. The molecule has 0 aromatic heterocycles. The number of ether oxygens (including phenoxy) is 2. The molecule has 0 aromatic carbocycles. The lowest BCUT2D eigenvalue weighted by molar-refractivity contribution is -0.118. The van der Waals surface area contributed by atoms with Crippen LogP contribution in [0.1, 0.15) is 69.2 Å². The molecule has 0 aliphatic rings. The van der Waals surface area contributed by atoms with Gasteiger partial charge in [0.2, 0.25) is 0 Å². The molecule has 0 aliphatic carbocycles. The molecular weight excluding hydrogens is 409 g/mol. The Balaban J connectivity index is 4.67. The lowest BCUT2D eigenvalue weighted by Gasteiger charge is -2.45. The Morgan fingerprint density at radius 2 is 1.34 bits per heavy atom. The van der Waals surface area contributed by atoms with Crippen LogP contribution in [-0.2, 0) is 18.8 Å². The number of carbonyl (C=O) groups excluding carboxylic acids is 1. The fourth-order valence-corrected chi connectivity index (χ4v) is 5.81. The van der Waals surface area contributed by atoms with E-state index in [-0.39, 0.29) is 24.6 Å². The molecule has 0 bridgehead atoms. The van der Waals surface area contributed by atoms with Crippen molar-refractivity contribution in [2.75, 3.05) is 26.1 Å². The highest BCUT2D eigenvalue weighted by atomic mass is 32.2. The molecule has 174 valence electrons. The van der Waals surface area contributed by atoms with Gasteiger partial charge in [-0.05, 0) is 55.4 Å². The summed E-state index contributed by atoms with van der Waals surface area (Å²) in [5.74, 6) is 0.241.